The Hall–Kier alpha value is -0.860. The largest absolute Gasteiger partial charge is 0.378 e. The normalized spacial score (nSPS) is 26.4. The van der Waals surface area contributed by atoms with Crippen LogP contribution in [0.1, 0.15) is 43.9 Å². The number of hydrogen-bond acceptors (Lipinski definition) is 2. The van der Waals surface area contributed by atoms with Gasteiger partial charge in [-0.1, -0.05) is 32.0 Å². The Bertz CT molecular complexity index is 434. The highest BCUT2D eigenvalue weighted by Crippen LogP contribution is 2.39. The maximum absolute atomic E-state index is 5.91. The van der Waals surface area contributed by atoms with Crippen molar-refractivity contribution >= 4 is 0 Å². The zero-order chi connectivity index (χ0) is 14.8. The van der Waals surface area contributed by atoms with E-state index in [9.17, 15) is 0 Å². The Morgan fingerprint density at radius 1 is 1.30 bits per heavy atom. The van der Waals surface area contributed by atoms with E-state index in [1.807, 2.05) is 0 Å². The van der Waals surface area contributed by atoms with Crippen LogP contribution < -0.4 is 5.32 Å². The van der Waals surface area contributed by atoms with Crippen molar-refractivity contribution in [2.75, 3.05) is 13.2 Å². The zero-order valence-corrected chi connectivity index (χ0v) is 13.6. The third-order valence-corrected chi connectivity index (χ3v) is 4.87. The number of benzene rings is 1. The summed E-state index contributed by atoms with van der Waals surface area (Å²) in [4.78, 5) is 0. The second kappa shape index (κ2) is 6.28. The predicted molar refractivity (Wildman–Crippen MR) is 85.2 cm³/mol. The summed E-state index contributed by atoms with van der Waals surface area (Å²) in [6.07, 6.45) is 2.60. The van der Waals surface area contributed by atoms with Crippen LogP contribution in [0.15, 0.2) is 18.2 Å². The number of aryl methyl sites for hydroxylation is 2. The van der Waals surface area contributed by atoms with Gasteiger partial charge in [-0.05, 0) is 50.3 Å². The number of nitrogens with one attached hydrogen (secondary N) is 1. The van der Waals surface area contributed by atoms with E-state index in [-0.39, 0.29) is 5.41 Å². The second-order valence-corrected chi connectivity index (χ2v) is 6.71. The van der Waals surface area contributed by atoms with E-state index in [1.54, 1.807) is 0 Å². The standard InChI is InChI=1S/C18H29NO/c1-13(2)19-12-18(9-10-20-16(18)5)11-17-14(3)7-6-8-15(17)4/h6-8,13,16,19H,9-12H2,1-5H3. The summed E-state index contributed by atoms with van der Waals surface area (Å²) < 4.78 is 5.91. The highest BCUT2D eigenvalue weighted by Gasteiger charge is 2.41. The molecule has 1 N–H and O–H groups in total. The first kappa shape index (κ1) is 15.5. The van der Waals surface area contributed by atoms with Crippen LogP contribution in [0.3, 0.4) is 0 Å². The van der Waals surface area contributed by atoms with E-state index in [2.05, 4.69) is 58.1 Å². The summed E-state index contributed by atoms with van der Waals surface area (Å²) >= 11 is 0. The van der Waals surface area contributed by atoms with Crippen LogP contribution >= 0.6 is 0 Å². The lowest BCUT2D eigenvalue weighted by atomic mass is 9.74. The van der Waals surface area contributed by atoms with E-state index in [4.69, 9.17) is 4.74 Å². The molecule has 0 bridgehead atoms. The van der Waals surface area contributed by atoms with Crippen LogP contribution in [-0.4, -0.2) is 25.3 Å². The van der Waals surface area contributed by atoms with E-state index in [0.29, 0.717) is 12.1 Å². The molecule has 2 heteroatoms. The van der Waals surface area contributed by atoms with Crippen LogP contribution in [0, 0.1) is 19.3 Å². The van der Waals surface area contributed by atoms with Gasteiger partial charge in [0.1, 0.15) is 0 Å². The average Bonchev–Trinajstić information content (AvgIpc) is 2.74. The van der Waals surface area contributed by atoms with Gasteiger partial charge in [-0.15, -0.1) is 0 Å². The number of hydrogen-bond donors (Lipinski definition) is 1. The molecule has 1 aliphatic heterocycles. The minimum atomic E-state index is 0.237. The van der Waals surface area contributed by atoms with Gasteiger partial charge in [-0.3, -0.25) is 0 Å². The van der Waals surface area contributed by atoms with Crippen molar-refractivity contribution in [3.63, 3.8) is 0 Å². The molecule has 1 fully saturated rings. The quantitative estimate of drug-likeness (QED) is 0.886. The Labute approximate surface area is 123 Å². The van der Waals surface area contributed by atoms with Gasteiger partial charge < -0.3 is 10.1 Å². The molecule has 1 aromatic rings. The molecule has 0 amide bonds. The van der Waals surface area contributed by atoms with Crippen molar-refractivity contribution in [1.82, 2.24) is 5.32 Å². The summed E-state index contributed by atoms with van der Waals surface area (Å²) in [5.74, 6) is 0. The smallest absolute Gasteiger partial charge is 0.0619 e. The molecule has 0 spiro atoms. The average molecular weight is 275 g/mol. The molecule has 112 valence electrons. The summed E-state index contributed by atoms with van der Waals surface area (Å²) in [6.45, 7) is 13.1. The molecular formula is C18H29NO. The molecule has 1 heterocycles. The lowest BCUT2D eigenvalue weighted by Gasteiger charge is -2.34. The first-order valence-electron chi connectivity index (χ1n) is 7.85. The van der Waals surface area contributed by atoms with Crippen molar-refractivity contribution in [3.8, 4) is 0 Å². The fourth-order valence-electron chi connectivity index (χ4n) is 3.23. The van der Waals surface area contributed by atoms with E-state index in [1.165, 1.54) is 16.7 Å². The number of ether oxygens (including phenoxy) is 1. The van der Waals surface area contributed by atoms with Gasteiger partial charge in [0.15, 0.2) is 0 Å². The molecule has 1 saturated heterocycles. The Balaban J connectivity index is 2.24. The highest BCUT2D eigenvalue weighted by atomic mass is 16.5. The molecule has 0 saturated carbocycles. The van der Waals surface area contributed by atoms with E-state index >= 15 is 0 Å². The van der Waals surface area contributed by atoms with E-state index in [0.717, 1.165) is 26.0 Å². The Morgan fingerprint density at radius 2 is 1.95 bits per heavy atom. The SMILES string of the molecule is Cc1cccc(C)c1CC1(CNC(C)C)CCOC1C. The van der Waals surface area contributed by atoms with Crippen molar-refractivity contribution in [2.24, 2.45) is 5.41 Å². The Morgan fingerprint density at radius 3 is 2.45 bits per heavy atom. The summed E-state index contributed by atoms with van der Waals surface area (Å²) in [6, 6.07) is 7.14. The van der Waals surface area contributed by atoms with Gasteiger partial charge >= 0.3 is 0 Å². The zero-order valence-electron chi connectivity index (χ0n) is 13.6. The van der Waals surface area contributed by atoms with Gasteiger partial charge in [0.05, 0.1) is 6.10 Å². The van der Waals surface area contributed by atoms with Crippen LogP contribution in [0.4, 0.5) is 0 Å². The molecule has 0 aromatic heterocycles. The lowest BCUT2D eigenvalue weighted by Crippen LogP contribution is -2.43. The van der Waals surface area contributed by atoms with Crippen molar-refractivity contribution in [3.05, 3.63) is 34.9 Å². The van der Waals surface area contributed by atoms with Crippen LogP contribution in [-0.2, 0) is 11.2 Å². The molecular weight excluding hydrogens is 246 g/mol. The highest BCUT2D eigenvalue weighted by molar-refractivity contribution is 5.34. The molecule has 1 aromatic carbocycles. The number of rotatable bonds is 5. The minimum absolute atomic E-state index is 0.237. The third-order valence-electron chi connectivity index (χ3n) is 4.87. The van der Waals surface area contributed by atoms with Gasteiger partial charge in [-0.2, -0.15) is 0 Å². The summed E-state index contributed by atoms with van der Waals surface area (Å²) in [5.41, 5.74) is 4.57. The monoisotopic (exact) mass is 275 g/mol. The predicted octanol–water partition coefficient (Wildman–Crippen LogP) is 3.64. The molecule has 1 aliphatic rings. The fraction of sp³-hybridized carbons (Fsp3) is 0.667. The minimum Gasteiger partial charge on any atom is -0.378 e. The molecule has 2 nitrogen and oxygen atoms in total. The molecule has 0 radical (unpaired) electrons. The van der Waals surface area contributed by atoms with Gasteiger partial charge in [0.2, 0.25) is 0 Å². The van der Waals surface area contributed by atoms with E-state index < -0.39 is 0 Å². The molecule has 2 atom stereocenters. The summed E-state index contributed by atoms with van der Waals surface area (Å²) in [5, 5.41) is 3.64. The molecule has 2 unspecified atom stereocenters. The van der Waals surface area contributed by atoms with Gasteiger partial charge in [-0.25, -0.2) is 0 Å². The van der Waals surface area contributed by atoms with Crippen LogP contribution in [0.2, 0.25) is 0 Å². The third kappa shape index (κ3) is 3.24. The molecule has 20 heavy (non-hydrogen) atoms. The van der Waals surface area contributed by atoms with Gasteiger partial charge in [0.25, 0.3) is 0 Å². The van der Waals surface area contributed by atoms with Gasteiger partial charge in [0, 0.05) is 24.6 Å². The van der Waals surface area contributed by atoms with Crippen molar-refractivity contribution < 1.29 is 4.74 Å². The van der Waals surface area contributed by atoms with Crippen LogP contribution in [0.5, 0.6) is 0 Å². The molecule has 2 rings (SSSR count). The molecule has 0 aliphatic carbocycles. The Kier molecular flexibility index (Phi) is 4.87. The van der Waals surface area contributed by atoms with Crippen molar-refractivity contribution in [1.29, 1.82) is 0 Å². The van der Waals surface area contributed by atoms with Crippen molar-refractivity contribution in [2.45, 2.75) is 59.6 Å². The summed E-state index contributed by atoms with van der Waals surface area (Å²) in [7, 11) is 0. The fourth-order valence-corrected chi connectivity index (χ4v) is 3.23. The lowest BCUT2D eigenvalue weighted by molar-refractivity contribution is 0.0619. The maximum atomic E-state index is 5.91. The van der Waals surface area contributed by atoms with Crippen LogP contribution in [0.25, 0.3) is 0 Å². The first-order chi connectivity index (χ1) is 9.44. The topological polar surface area (TPSA) is 21.3 Å². The first-order valence-corrected chi connectivity index (χ1v) is 7.85. The maximum Gasteiger partial charge on any atom is 0.0619 e. The second-order valence-electron chi connectivity index (χ2n) is 6.71.